The first-order valence-electron chi connectivity index (χ1n) is 5.52. The molecule has 0 saturated carbocycles. The van der Waals surface area contributed by atoms with Crippen LogP contribution in [0.3, 0.4) is 0 Å². The van der Waals surface area contributed by atoms with E-state index < -0.39 is 0 Å². The first-order chi connectivity index (χ1) is 8.36. The Bertz CT molecular complexity index is 459. The summed E-state index contributed by atoms with van der Waals surface area (Å²) < 4.78 is 6.63. The maximum absolute atomic E-state index is 5.65. The van der Waals surface area contributed by atoms with Crippen LogP contribution in [0.4, 0.5) is 5.69 Å². The fourth-order valence-corrected chi connectivity index (χ4v) is 1.87. The second kappa shape index (κ2) is 6.30. The first kappa shape index (κ1) is 12.0. The fraction of sp³-hybridized carbons (Fsp3) is 0.143. The van der Waals surface area contributed by atoms with Gasteiger partial charge in [0.2, 0.25) is 0 Å². The Kier molecular flexibility index (Phi) is 4.45. The summed E-state index contributed by atoms with van der Waals surface area (Å²) in [6.07, 6.45) is 0. The number of benzene rings is 2. The summed E-state index contributed by atoms with van der Waals surface area (Å²) in [5, 5.41) is 3.29. The second-order valence-electron chi connectivity index (χ2n) is 3.57. The van der Waals surface area contributed by atoms with Gasteiger partial charge >= 0.3 is 0 Å². The van der Waals surface area contributed by atoms with Crippen molar-refractivity contribution in [1.29, 1.82) is 0 Å². The van der Waals surface area contributed by atoms with Gasteiger partial charge in [-0.15, -0.1) is 0 Å². The normalized spacial score (nSPS) is 9.94. The van der Waals surface area contributed by atoms with E-state index in [0.29, 0.717) is 6.61 Å². The molecular weight excluding hydrogens is 278 g/mol. The molecule has 1 N–H and O–H groups in total. The third kappa shape index (κ3) is 3.79. The van der Waals surface area contributed by atoms with Crippen molar-refractivity contribution in [2.75, 3.05) is 18.5 Å². The summed E-state index contributed by atoms with van der Waals surface area (Å²) in [7, 11) is 0. The standard InChI is InChI=1S/C14H14BrNO/c15-13-8-4-5-9-14(13)17-11-10-16-12-6-2-1-3-7-12/h1-9,16H,10-11H2. The highest BCUT2D eigenvalue weighted by atomic mass is 79.9. The van der Waals surface area contributed by atoms with Crippen LogP contribution < -0.4 is 10.1 Å². The summed E-state index contributed by atoms with van der Waals surface area (Å²) in [6, 6.07) is 18.0. The number of halogens is 1. The smallest absolute Gasteiger partial charge is 0.133 e. The first-order valence-corrected chi connectivity index (χ1v) is 6.32. The molecule has 0 unspecified atom stereocenters. The molecule has 0 atom stereocenters. The molecule has 0 aliphatic rings. The van der Waals surface area contributed by atoms with Gasteiger partial charge in [0.05, 0.1) is 4.47 Å². The molecule has 0 aliphatic heterocycles. The molecule has 2 nitrogen and oxygen atoms in total. The van der Waals surface area contributed by atoms with Crippen molar-refractivity contribution in [3.05, 3.63) is 59.1 Å². The number of hydrogen-bond donors (Lipinski definition) is 1. The molecule has 0 heterocycles. The molecule has 0 saturated heterocycles. The number of ether oxygens (including phenoxy) is 1. The maximum Gasteiger partial charge on any atom is 0.133 e. The van der Waals surface area contributed by atoms with Gasteiger partial charge in [-0.2, -0.15) is 0 Å². The lowest BCUT2D eigenvalue weighted by atomic mass is 10.3. The van der Waals surface area contributed by atoms with E-state index in [2.05, 4.69) is 21.2 Å². The number of rotatable bonds is 5. The van der Waals surface area contributed by atoms with Crippen LogP contribution in [0.2, 0.25) is 0 Å². The van der Waals surface area contributed by atoms with Crippen LogP contribution in [0, 0.1) is 0 Å². The molecule has 0 bridgehead atoms. The molecule has 17 heavy (non-hydrogen) atoms. The monoisotopic (exact) mass is 291 g/mol. The van der Waals surface area contributed by atoms with E-state index in [1.54, 1.807) is 0 Å². The number of hydrogen-bond acceptors (Lipinski definition) is 2. The van der Waals surface area contributed by atoms with Gasteiger partial charge in [0.25, 0.3) is 0 Å². The Morgan fingerprint density at radius 3 is 2.41 bits per heavy atom. The highest BCUT2D eigenvalue weighted by Crippen LogP contribution is 2.23. The fourth-order valence-electron chi connectivity index (χ4n) is 1.47. The van der Waals surface area contributed by atoms with Crippen LogP contribution in [-0.2, 0) is 0 Å². The third-order valence-electron chi connectivity index (χ3n) is 2.30. The zero-order chi connectivity index (χ0) is 11.9. The Hall–Kier alpha value is -1.48. The second-order valence-corrected chi connectivity index (χ2v) is 4.43. The zero-order valence-electron chi connectivity index (χ0n) is 9.40. The van der Waals surface area contributed by atoms with Crippen LogP contribution in [0.5, 0.6) is 5.75 Å². The topological polar surface area (TPSA) is 21.3 Å². The average Bonchev–Trinajstić information content (AvgIpc) is 2.38. The van der Waals surface area contributed by atoms with Gasteiger partial charge in [-0.3, -0.25) is 0 Å². The lowest BCUT2D eigenvalue weighted by Crippen LogP contribution is -2.11. The van der Waals surface area contributed by atoms with Crippen LogP contribution >= 0.6 is 15.9 Å². The molecule has 0 spiro atoms. The summed E-state index contributed by atoms with van der Waals surface area (Å²) in [4.78, 5) is 0. The van der Waals surface area contributed by atoms with Gasteiger partial charge in [0.15, 0.2) is 0 Å². The molecule has 0 radical (unpaired) electrons. The molecule has 0 fully saturated rings. The van der Waals surface area contributed by atoms with Crippen LogP contribution in [0.1, 0.15) is 0 Å². The van der Waals surface area contributed by atoms with Gasteiger partial charge in [-0.05, 0) is 40.2 Å². The lowest BCUT2D eigenvalue weighted by molar-refractivity contribution is 0.331. The summed E-state index contributed by atoms with van der Waals surface area (Å²) in [5.74, 6) is 0.877. The van der Waals surface area contributed by atoms with Gasteiger partial charge in [0.1, 0.15) is 12.4 Å². The minimum atomic E-state index is 0.636. The van der Waals surface area contributed by atoms with Gasteiger partial charge in [0, 0.05) is 12.2 Å². The summed E-state index contributed by atoms with van der Waals surface area (Å²) in [6.45, 7) is 1.42. The number of nitrogens with one attached hydrogen (secondary N) is 1. The maximum atomic E-state index is 5.65. The Morgan fingerprint density at radius 2 is 1.65 bits per heavy atom. The van der Waals surface area contributed by atoms with E-state index in [1.165, 1.54) is 0 Å². The molecule has 88 valence electrons. The van der Waals surface area contributed by atoms with Crippen molar-refractivity contribution in [3.8, 4) is 5.75 Å². The van der Waals surface area contributed by atoms with Crippen molar-refractivity contribution in [3.63, 3.8) is 0 Å². The van der Waals surface area contributed by atoms with Gasteiger partial charge < -0.3 is 10.1 Å². The van der Waals surface area contributed by atoms with E-state index in [1.807, 2.05) is 54.6 Å². The number of anilines is 1. The van der Waals surface area contributed by atoms with Crippen LogP contribution in [0.25, 0.3) is 0 Å². The van der Waals surface area contributed by atoms with E-state index in [-0.39, 0.29) is 0 Å². The van der Waals surface area contributed by atoms with Crippen molar-refractivity contribution in [1.82, 2.24) is 0 Å². The molecule has 2 rings (SSSR count). The predicted octanol–water partition coefficient (Wildman–Crippen LogP) is 3.94. The molecule has 3 heteroatoms. The average molecular weight is 292 g/mol. The van der Waals surface area contributed by atoms with E-state index in [9.17, 15) is 0 Å². The Morgan fingerprint density at radius 1 is 0.941 bits per heavy atom. The minimum absolute atomic E-state index is 0.636. The molecule has 0 aromatic heterocycles. The van der Waals surface area contributed by atoms with E-state index in [4.69, 9.17) is 4.74 Å². The highest BCUT2D eigenvalue weighted by Gasteiger charge is 1.98. The molecule has 2 aromatic rings. The SMILES string of the molecule is Brc1ccccc1OCCNc1ccccc1. The van der Waals surface area contributed by atoms with E-state index >= 15 is 0 Å². The van der Waals surface area contributed by atoms with Crippen molar-refractivity contribution in [2.45, 2.75) is 0 Å². The molecule has 0 amide bonds. The van der Waals surface area contributed by atoms with Gasteiger partial charge in [-0.25, -0.2) is 0 Å². The predicted molar refractivity (Wildman–Crippen MR) is 74.6 cm³/mol. The lowest BCUT2D eigenvalue weighted by Gasteiger charge is -2.09. The van der Waals surface area contributed by atoms with Crippen molar-refractivity contribution < 1.29 is 4.74 Å². The highest BCUT2D eigenvalue weighted by molar-refractivity contribution is 9.10. The van der Waals surface area contributed by atoms with Crippen LogP contribution in [-0.4, -0.2) is 13.2 Å². The number of para-hydroxylation sites is 2. The Labute approximate surface area is 110 Å². The van der Waals surface area contributed by atoms with Crippen molar-refractivity contribution >= 4 is 21.6 Å². The summed E-state index contributed by atoms with van der Waals surface area (Å²) >= 11 is 3.45. The molecule has 2 aromatic carbocycles. The summed E-state index contributed by atoms with van der Waals surface area (Å²) in [5.41, 5.74) is 1.11. The van der Waals surface area contributed by atoms with E-state index in [0.717, 1.165) is 22.5 Å². The molecule has 0 aliphatic carbocycles. The Balaban J connectivity index is 1.76. The third-order valence-corrected chi connectivity index (χ3v) is 2.95. The zero-order valence-corrected chi connectivity index (χ0v) is 11.0. The van der Waals surface area contributed by atoms with Crippen LogP contribution in [0.15, 0.2) is 59.1 Å². The van der Waals surface area contributed by atoms with Crippen molar-refractivity contribution in [2.24, 2.45) is 0 Å². The molecular formula is C14H14BrNO. The minimum Gasteiger partial charge on any atom is -0.491 e. The van der Waals surface area contributed by atoms with Gasteiger partial charge in [-0.1, -0.05) is 30.3 Å². The quantitative estimate of drug-likeness (QED) is 0.843. The largest absolute Gasteiger partial charge is 0.491 e.